The Labute approximate surface area is 206 Å². The third-order valence-electron chi connectivity index (χ3n) is 5.57. The van der Waals surface area contributed by atoms with E-state index >= 15 is 0 Å². The number of methoxy groups -OCH3 is 1. The van der Waals surface area contributed by atoms with E-state index in [0.717, 1.165) is 11.1 Å². The zero-order valence-electron chi connectivity index (χ0n) is 20.3. The first-order chi connectivity index (χ1) is 16.6. The molecule has 2 aromatic carbocycles. The molecule has 1 aromatic heterocycles. The van der Waals surface area contributed by atoms with Gasteiger partial charge in [-0.05, 0) is 68.3 Å². The normalized spacial score (nSPS) is 11.1. The maximum Gasteiger partial charge on any atom is 0.264 e. The number of ether oxygens (including phenoxy) is 1. The minimum absolute atomic E-state index is 0.0707. The molecule has 0 aliphatic carbocycles. The first-order valence-electron chi connectivity index (χ1n) is 11.1. The van der Waals surface area contributed by atoms with Crippen LogP contribution in [0.2, 0.25) is 0 Å². The van der Waals surface area contributed by atoms with Gasteiger partial charge in [0.05, 0.1) is 42.4 Å². The predicted molar refractivity (Wildman–Crippen MR) is 134 cm³/mol. The van der Waals surface area contributed by atoms with E-state index < -0.39 is 10.0 Å². The van der Waals surface area contributed by atoms with Gasteiger partial charge in [-0.15, -0.1) is 0 Å². The van der Waals surface area contributed by atoms with Crippen molar-refractivity contribution in [2.75, 3.05) is 23.3 Å². The fourth-order valence-electron chi connectivity index (χ4n) is 3.52. The molecule has 184 valence electrons. The van der Waals surface area contributed by atoms with Crippen molar-refractivity contribution in [1.82, 2.24) is 9.78 Å². The Bertz CT molecular complexity index is 1340. The van der Waals surface area contributed by atoms with Crippen LogP contribution in [-0.2, 0) is 21.4 Å². The average Bonchev–Trinajstić information content (AvgIpc) is 3.18. The molecule has 35 heavy (non-hydrogen) atoms. The second kappa shape index (κ2) is 11.1. The molecule has 1 N–H and O–H groups in total. The summed E-state index contributed by atoms with van der Waals surface area (Å²) < 4.78 is 35.2. The fraction of sp³-hybridized carbons (Fsp3) is 0.320. The molecule has 0 aliphatic rings. The summed E-state index contributed by atoms with van der Waals surface area (Å²) in [5, 5.41) is 15.9. The van der Waals surface area contributed by atoms with E-state index in [1.54, 1.807) is 60.1 Å². The van der Waals surface area contributed by atoms with Crippen molar-refractivity contribution >= 4 is 27.4 Å². The topological polar surface area (TPSA) is 117 Å². The van der Waals surface area contributed by atoms with Gasteiger partial charge in [-0.2, -0.15) is 10.4 Å². The van der Waals surface area contributed by atoms with Crippen molar-refractivity contribution in [2.24, 2.45) is 0 Å². The lowest BCUT2D eigenvalue weighted by atomic mass is 10.1. The number of aromatic nitrogens is 2. The number of carbonyl (C=O) groups is 1. The van der Waals surface area contributed by atoms with E-state index in [0.29, 0.717) is 29.5 Å². The number of anilines is 2. The Morgan fingerprint density at radius 2 is 1.83 bits per heavy atom. The Kier molecular flexibility index (Phi) is 8.14. The summed E-state index contributed by atoms with van der Waals surface area (Å²) in [5.41, 5.74) is 2.98. The molecule has 3 rings (SSSR count). The van der Waals surface area contributed by atoms with Gasteiger partial charge in [0.15, 0.2) is 0 Å². The highest BCUT2D eigenvalue weighted by Crippen LogP contribution is 2.27. The smallest absolute Gasteiger partial charge is 0.264 e. The lowest BCUT2D eigenvalue weighted by Crippen LogP contribution is -2.34. The number of nitriles is 1. The second-order valence-electron chi connectivity index (χ2n) is 8.12. The maximum absolute atomic E-state index is 13.6. The number of benzene rings is 2. The largest absolute Gasteiger partial charge is 0.497 e. The van der Waals surface area contributed by atoms with E-state index in [9.17, 15) is 13.2 Å². The van der Waals surface area contributed by atoms with Crippen LogP contribution in [0.5, 0.6) is 5.75 Å². The number of hydrogen-bond acceptors (Lipinski definition) is 6. The molecule has 0 fully saturated rings. The molecule has 0 radical (unpaired) electrons. The Balaban J connectivity index is 1.85. The van der Waals surface area contributed by atoms with Crippen molar-refractivity contribution < 1.29 is 17.9 Å². The van der Waals surface area contributed by atoms with Crippen LogP contribution in [0.25, 0.3) is 0 Å². The number of rotatable bonds is 10. The minimum Gasteiger partial charge on any atom is -0.497 e. The van der Waals surface area contributed by atoms with Crippen molar-refractivity contribution in [3.8, 4) is 11.8 Å². The van der Waals surface area contributed by atoms with Crippen molar-refractivity contribution in [2.45, 2.75) is 45.1 Å². The number of nitrogens with one attached hydrogen (secondary N) is 1. The van der Waals surface area contributed by atoms with Gasteiger partial charge in [0, 0.05) is 19.0 Å². The van der Waals surface area contributed by atoms with E-state index in [4.69, 9.17) is 10.00 Å². The number of nitrogens with zero attached hydrogens (tertiary/aromatic N) is 4. The van der Waals surface area contributed by atoms with Gasteiger partial charge in [0.25, 0.3) is 10.0 Å². The van der Waals surface area contributed by atoms with E-state index in [1.807, 2.05) is 13.8 Å². The van der Waals surface area contributed by atoms with Crippen molar-refractivity contribution in [1.29, 1.82) is 5.26 Å². The summed E-state index contributed by atoms with van der Waals surface area (Å²) >= 11 is 0. The molecule has 1 amide bonds. The molecule has 0 atom stereocenters. The highest BCUT2D eigenvalue weighted by Gasteiger charge is 2.26. The third-order valence-corrected chi connectivity index (χ3v) is 7.40. The zero-order valence-corrected chi connectivity index (χ0v) is 21.1. The molecule has 9 nitrogen and oxygen atoms in total. The number of hydrogen-bond donors (Lipinski definition) is 1. The van der Waals surface area contributed by atoms with Crippen LogP contribution in [-0.4, -0.2) is 37.8 Å². The molecular weight excluding hydrogens is 466 g/mol. The van der Waals surface area contributed by atoms with Gasteiger partial charge < -0.3 is 10.1 Å². The second-order valence-corrected chi connectivity index (χ2v) is 9.98. The summed E-state index contributed by atoms with van der Waals surface area (Å²) in [6, 6.07) is 15.4. The molecule has 0 aliphatic heterocycles. The zero-order chi connectivity index (χ0) is 25.6. The lowest BCUT2D eigenvalue weighted by Gasteiger charge is -2.25. The molecule has 0 spiro atoms. The molecule has 10 heteroatoms. The Morgan fingerprint density at radius 1 is 1.11 bits per heavy atom. The van der Waals surface area contributed by atoms with Crippen LogP contribution < -0.4 is 14.4 Å². The summed E-state index contributed by atoms with van der Waals surface area (Å²) in [6.07, 6.45) is 0.169. The number of aryl methyl sites for hydroxylation is 4. The van der Waals surface area contributed by atoms with Gasteiger partial charge in [0.1, 0.15) is 11.6 Å². The SMILES string of the molecule is COc1ccc(N(CCC(=O)Nc2cc(C)nn2CCC#N)S(=O)(=O)c2ccc(C)c(C)c2)cc1. The summed E-state index contributed by atoms with van der Waals surface area (Å²) in [5.74, 6) is 0.698. The summed E-state index contributed by atoms with van der Waals surface area (Å²) in [4.78, 5) is 12.9. The average molecular weight is 496 g/mol. The fourth-order valence-corrected chi connectivity index (χ4v) is 5.07. The van der Waals surface area contributed by atoms with Crippen molar-refractivity contribution in [3.63, 3.8) is 0 Å². The predicted octanol–water partition coefficient (Wildman–Crippen LogP) is 3.95. The van der Waals surface area contributed by atoms with Crippen LogP contribution in [0.15, 0.2) is 53.4 Å². The number of carbonyl (C=O) groups excluding carboxylic acids is 1. The lowest BCUT2D eigenvalue weighted by molar-refractivity contribution is -0.116. The van der Waals surface area contributed by atoms with Gasteiger partial charge in [0.2, 0.25) is 5.91 Å². The van der Waals surface area contributed by atoms with Crippen molar-refractivity contribution in [3.05, 3.63) is 65.4 Å². The monoisotopic (exact) mass is 495 g/mol. The first kappa shape index (κ1) is 25.8. The van der Waals surface area contributed by atoms with Crippen LogP contribution >= 0.6 is 0 Å². The third kappa shape index (κ3) is 6.19. The number of sulfonamides is 1. The standard InChI is InChI=1S/C25H29N5O4S/c1-18-6-11-23(16-19(18)2)35(32,33)30(21-7-9-22(34-4)10-8-21)15-12-25(31)27-24-17-20(3)28-29(24)14-5-13-26/h6-11,16-17H,5,12,14-15H2,1-4H3,(H,27,31). The quantitative estimate of drug-likeness (QED) is 0.455. The van der Waals surface area contributed by atoms with E-state index in [-0.39, 0.29) is 30.2 Å². The highest BCUT2D eigenvalue weighted by molar-refractivity contribution is 7.92. The molecule has 0 saturated carbocycles. The van der Waals surface area contributed by atoms with Gasteiger partial charge in [-0.1, -0.05) is 6.07 Å². The van der Waals surface area contributed by atoms with Crippen LogP contribution in [0, 0.1) is 32.1 Å². The molecule has 3 aromatic rings. The van der Waals surface area contributed by atoms with Crippen LogP contribution in [0.1, 0.15) is 29.7 Å². The minimum atomic E-state index is -3.94. The molecule has 0 saturated heterocycles. The summed E-state index contributed by atoms with van der Waals surface area (Å²) in [7, 11) is -2.40. The molecule has 1 heterocycles. The Hall–Kier alpha value is -3.84. The first-order valence-corrected chi connectivity index (χ1v) is 12.5. The van der Waals surface area contributed by atoms with E-state index in [1.165, 1.54) is 11.4 Å². The Morgan fingerprint density at radius 3 is 2.46 bits per heavy atom. The van der Waals surface area contributed by atoms with Gasteiger partial charge >= 0.3 is 0 Å². The maximum atomic E-state index is 13.6. The molecular formula is C25H29N5O4S. The molecule has 0 unspecified atom stereocenters. The summed E-state index contributed by atoms with van der Waals surface area (Å²) in [6.45, 7) is 5.84. The number of amides is 1. The highest BCUT2D eigenvalue weighted by atomic mass is 32.2. The van der Waals surface area contributed by atoms with Crippen LogP contribution in [0.4, 0.5) is 11.5 Å². The van der Waals surface area contributed by atoms with E-state index in [2.05, 4.69) is 16.5 Å². The van der Waals surface area contributed by atoms with Gasteiger partial charge in [-0.3, -0.25) is 9.10 Å². The molecule has 0 bridgehead atoms. The van der Waals surface area contributed by atoms with Crippen LogP contribution in [0.3, 0.4) is 0 Å². The van der Waals surface area contributed by atoms with Gasteiger partial charge in [-0.25, -0.2) is 13.1 Å².